The van der Waals surface area contributed by atoms with E-state index in [9.17, 15) is 4.79 Å². The second kappa shape index (κ2) is 7.94. The Kier molecular flexibility index (Phi) is 5.46. The summed E-state index contributed by atoms with van der Waals surface area (Å²) in [5, 5.41) is 8.10. The molecule has 1 aromatic carbocycles. The normalized spacial score (nSPS) is 10.7. The minimum atomic E-state index is -0.0331. The van der Waals surface area contributed by atoms with Gasteiger partial charge in [0.05, 0.1) is 18.3 Å². The summed E-state index contributed by atoms with van der Waals surface area (Å²) in [6, 6.07) is 15.9. The summed E-state index contributed by atoms with van der Waals surface area (Å²) in [4.78, 5) is 17.4. The van der Waals surface area contributed by atoms with Crippen molar-refractivity contribution in [1.29, 1.82) is 0 Å². The minimum absolute atomic E-state index is 0.0331. The number of hydrogen-bond acceptors (Lipinski definition) is 4. The topological polar surface area (TPSA) is 54.0 Å². The lowest BCUT2D eigenvalue weighted by Gasteiger charge is -2.09. The zero-order valence-corrected chi connectivity index (χ0v) is 15.1. The summed E-state index contributed by atoms with van der Waals surface area (Å²) in [5.41, 5.74) is 3.00. The van der Waals surface area contributed by atoms with Gasteiger partial charge in [0.15, 0.2) is 0 Å². The van der Waals surface area contributed by atoms with Crippen LogP contribution in [-0.4, -0.2) is 10.9 Å². The van der Waals surface area contributed by atoms with Gasteiger partial charge in [0.1, 0.15) is 5.82 Å². The maximum Gasteiger partial charge on any atom is 0.229 e. The van der Waals surface area contributed by atoms with Crippen molar-refractivity contribution in [1.82, 2.24) is 4.98 Å². The zero-order chi connectivity index (χ0) is 17.6. The number of benzene rings is 1. The molecule has 5 heteroatoms. The van der Waals surface area contributed by atoms with E-state index in [4.69, 9.17) is 0 Å². The predicted molar refractivity (Wildman–Crippen MR) is 105 cm³/mol. The van der Waals surface area contributed by atoms with Gasteiger partial charge in [0.25, 0.3) is 0 Å². The minimum Gasteiger partial charge on any atom is -0.340 e. The lowest BCUT2D eigenvalue weighted by molar-refractivity contribution is -0.115. The van der Waals surface area contributed by atoms with E-state index in [2.05, 4.69) is 41.6 Å². The van der Waals surface area contributed by atoms with Crippen molar-refractivity contribution in [3.8, 4) is 0 Å². The van der Waals surface area contributed by atoms with Crippen LogP contribution < -0.4 is 10.6 Å². The molecule has 1 amide bonds. The molecular weight excluding hydrogens is 330 g/mol. The van der Waals surface area contributed by atoms with E-state index in [-0.39, 0.29) is 5.91 Å². The quantitative estimate of drug-likeness (QED) is 0.642. The molecule has 3 rings (SSSR count). The first-order chi connectivity index (χ1) is 12.1. The molecule has 0 aliphatic heterocycles. The fraction of sp³-hybridized carbons (Fsp3) is 0.200. The zero-order valence-electron chi connectivity index (χ0n) is 14.3. The molecule has 128 valence electrons. The molecule has 2 aromatic heterocycles. The summed E-state index contributed by atoms with van der Waals surface area (Å²) < 4.78 is 0. The maximum absolute atomic E-state index is 12.0. The van der Waals surface area contributed by atoms with E-state index >= 15 is 0 Å². The van der Waals surface area contributed by atoms with Crippen LogP contribution in [0.3, 0.4) is 0 Å². The molecule has 0 radical (unpaired) electrons. The third-order valence-corrected chi connectivity index (χ3v) is 4.69. The van der Waals surface area contributed by atoms with Crippen LogP contribution in [0.15, 0.2) is 60.1 Å². The smallest absolute Gasteiger partial charge is 0.229 e. The number of thiophene rings is 1. The Morgan fingerprint density at radius 2 is 1.84 bits per heavy atom. The molecule has 2 N–H and O–H groups in total. The van der Waals surface area contributed by atoms with Crippen LogP contribution in [0.2, 0.25) is 0 Å². The first-order valence-electron chi connectivity index (χ1n) is 8.25. The Morgan fingerprint density at radius 3 is 2.44 bits per heavy atom. The number of carbonyl (C=O) groups excluding carboxylic acids is 1. The van der Waals surface area contributed by atoms with Gasteiger partial charge in [-0.05, 0) is 47.2 Å². The van der Waals surface area contributed by atoms with Crippen LogP contribution in [0, 0.1) is 0 Å². The van der Waals surface area contributed by atoms with Crippen LogP contribution in [-0.2, 0) is 11.2 Å². The molecule has 0 unspecified atom stereocenters. The maximum atomic E-state index is 12.0. The largest absolute Gasteiger partial charge is 0.340 e. The fourth-order valence-electron chi connectivity index (χ4n) is 2.42. The van der Waals surface area contributed by atoms with Crippen molar-refractivity contribution in [3.05, 3.63) is 70.5 Å². The highest BCUT2D eigenvalue weighted by Gasteiger charge is 2.06. The Morgan fingerprint density at radius 1 is 1.08 bits per heavy atom. The van der Waals surface area contributed by atoms with Crippen LogP contribution in [0.5, 0.6) is 0 Å². The number of carbonyl (C=O) groups is 1. The number of anilines is 3. The lowest BCUT2D eigenvalue weighted by atomic mass is 10.0. The average Bonchev–Trinajstić information content (AvgIpc) is 3.10. The van der Waals surface area contributed by atoms with Crippen LogP contribution in [0.4, 0.5) is 17.2 Å². The van der Waals surface area contributed by atoms with Crippen molar-refractivity contribution in [2.45, 2.75) is 26.2 Å². The predicted octanol–water partition coefficient (Wildman–Crippen LogP) is 5.19. The van der Waals surface area contributed by atoms with Gasteiger partial charge >= 0.3 is 0 Å². The number of nitrogens with zero attached hydrogens (tertiary/aromatic N) is 1. The first-order valence-corrected chi connectivity index (χ1v) is 9.13. The third kappa shape index (κ3) is 4.90. The first kappa shape index (κ1) is 17.2. The number of rotatable bonds is 6. The van der Waals surface area contributed by atoms with E-state index < -0.39 is 0 Å². The molecule has 0 atom stereocenters. The highest BCUT2D eigenvalue weighted by atomic mass is 32.1. The average molecular weight is 351 g/mol. The number of hydrogen-bond donors (Lipinski definition) is 2. The van der Waals surface area contributed by atoms with Gasteiger partial charge in [-0.2, -0.15) is 0 Å². The van der Waals surface area contributed by atoms with Crippen molar-refractivity contribution in [2.75, 3.05) is 10.6 Å². The molecule has 3 aromatic rings. The van der Waals surface area contributed by atoms with Gasteiger partial charge in [0, 0.05) is 10.6 Å². The highest BCUT2D eigenvalue weighted by molar-refractivity contribution is 7.10. The van der Waals surface area contributed by atoms with Gasteiger partial charge in [-0.25, -0.2) is 4.98 Å². The lowest BCUT2D eigenvalue weighted by Crippen LogP contribution is -2.13. The number of amides is 1. The van der Waals surface area contributed by atoms with E-state index in [1.165, 1.54) is 5.56 Å². The van der Waals surface area contributed by atoms with Crippen LogP contribution >= 0.6 is 11.3 Å². The van der Waals surface area contributed by atoms with Gasteiger partial charge in [-0.1, -0.05) is 32.0 Å². The fourth-order valence-corrected chi connectivity index (χ4v) is 3.12. The third-order valence-electron chi connectivity index (χ3n) is 3.81. The number of pyridine rings is 1. The SMILES string of the molecule is CC(C)c1ccc(Nc2ccc(NC(=O)Cc3cccs3)cn2)cc1. The Hall–Kier alpha value is -2.66. The summed E-state index contributed by atoms with van der Waals surface area (Å²) in [7, 11) is 0. The van der Waals surface area contributed by atoms with Gasteiger partial charge in [-0.3, -0.25) is 4.79 Å². The molecule has 0 aliphatic carbocycles. The molecule has 4 nitrogen and oxygen atoms in total. The van der Waals surface area contributed by atoms with E-state index in [1.807, 2.05) is 41.8 Å². The molecule has 25 heavy (non-hydrogen) atoms. The number of aromatic nitrogens is 1. The molecule has 2 heterocycles. The highest BCUT2D eigenvalue weighted by Crippen LogP contribution is 2.20. The number of nitrogens with one attached hydrogen (secondary N) is 2. The van der Waals surface area contributed by atoms with Crippen LogP contribution in [0.1, 0.15) is 30.2 Å². The summed E-state index contributed by atoms with van der Waals surface area (Å²) in [6.07, 6.45) is 2.05. The molecule has 0 saturated carbocycles. The standard InChI is InChI=1S/C20H21N3OS/c1-14(2)15-5-7-16(8-6-15)22-19-10-9-17(13-21-19)23-20(24)12-18-4-3-11-25-18/h3-11,13-14H,12H2,1-2H3,(H,21,22)(H,23,24). The molecule has 0 bridgehead atoms. The molecule has 0 fully saturated rings. The summed E-state index contributed by atoms with van der Waals surface area (Å²) in [6.45, 7) is 4.35. The van der Waals surface area contributed by atoms with Crippen molar-refractivity contribution >= 4 is 34.4 Å². The Balaban J connectivity index is 1.57. The molecular formula is C20H21N3OS. The van der Waals surface area contributed by atoms with Crippen molar-refractivity contribution in [2.24, 2.45) is 0 Å². The van der Waals surface area contributed by atoms with Gasteiger partial charge < -0.3 is 10.6 Å². The monoisotopic (exact) mass is 351 g/mol. The van der Waals surface area contributed by atoms with Crippen LogP contribution in [0.25, 0.3) is 0 Å². The van der Waals surface area contributed by atoms with Gasteiger partial charge in [-0.15, -0.1) is 11.3 Å². The van der Waals surface area contributed by atoms with E-state index in [0.29, 0.717) is 18.0 Å². The second-order valence-corrected chi connectivity index (χ2v) is 7.17. The van der Waals surface area contributed by atoms with Crippen molar-refractivity contribution in [3.63, 3.8) is 0 Å². The molecule has 0 spiro atoms. The van der Waals surface area contributed by atoms with Crippen molar-refractivity contribution < 1.29 is 4.79 Å². The van der Waals surface area contributed by atoms with Gasteiger partial charge in [0.2, 0.25) is 5.91 Å². The summed E-state index contributed by atoms with van der Waals surface area (Å²) in [5.74, 6) is 1.23. The molecule has 0 aliphatic rings. The summed E-state index contributed by atoms with van der Waals surface area (Å²) >= 11 is 1.58. The van der Waals surface area contributed by atoms with E-state index in [0.717, 1.165) is 16.4 Å². The second-order valence-electron chi connectivity index (χ2n) is 6.14. The van der Waals surface area contributed by atoms with E-state index in [1.54, 1.807) is 17.5 Å². The molecule has 0 saturated heterocycles. The Labute approximate surface area is 151 Å². The Bertz CT molecular complexity index is 809.